The predicted octanol–water partition coefficient (Wildman–Crippen LogP) is 3.25. The Morgan fingerprint density at radius 2 is 1.81 bits per heavy atom. The maximum absolute atomic E-state index is 13.1. The van der Waals surface area contributed by atoms with Gasteiger partial charge < -0.3 is 14.5 Å². The van der Waals surface area contributed by atoms with E-state index in [1.54, 1.807) is 7.11 Å². The Balaban J connectivity index is 1.63. The number of fused-ring (bicyclic) bond motifs is 1. The van der Waals surface area contributed by atoms with Gasteiger partial charge >= 0.3 is 0 Å². The summed E-state index contributed by atoms with van der Waals surface area (Å²) in [5, 5.41) is 1.08. The van der Waals surface area contributed by atoms with Gasteiger partial charge in [0.05, 0.1) is 19.3 Å². The highest BCUT2D eigenvalue weighted by Gasteiger charge is 2.31. The Morgan fingerprint density at radius 3 is 2.48 bits per heavy atom. The van der Waals surface area contributed by atoms with Crippen LogP contribution in [0.25, 0.3) is 10.9 Å². The van der Waals surface area contributed by atoms with Gasteiger partial charge in [0.1, 0.15) is 5.75 Å². The number of methoxy groups -OCH3 is 1. The summed E-state index contributed by atoms with van der Waals surface area (Å²) in [4.78, 5) is 3.30. The molecule has 1 fully saturated rings. The summed E-state index contributed by atoms with van der Waals surface area (Å²) in [6, 6.07) is 15.8. The number of benzene rings is 2. The molecule has 166 valence electrons. The van der Waals surface area contributed by atoms with Gasteiger partial charge in [-0.15, -0.1) is 0 Å². The molecule has 2 aromatic carbocycles. The molecule has 1 aliphatic heterocycles. The van der Waals surface area contributed by atoms with Crippen LogP contribution in [0.2, 0.25) is 0 Å². The fourth-order valence-corrected chi connectivity index (χ4v) is 5.60. The van der Waals surface area contributed by atoms with Crippen molar-refractivity contribution in [2.45, 2.75) is 32.0 Å². The highest BCUT2D eigenvalue weighted by atomic mass is 32.2. The first-order valence-corrected chi connectivity index (χ1v) is 11.9. The van der Waals surface area contributed by atoms with Crippen LogP contribution < -0.4 is 9.46 Å². The van der Waals surface area contributed by atoms with Gasteiger partial charge in [0.2, 0.25) is 0 Å². The highest BCUT2D eigenvalue weighted by Crippen LogP contribution is 2.31. The number of hydrogen-bond donors (Lipinski definition) is 2. The van der Waals surface area contributed by atoms with E-state index in [0.29, 0.717) is 13.1 Å². The van der Waals surface area contributed by atoms with Gasteiger partial charge in [-0.2, -0.15) is 12.7 Å². The second kappa shape index (κ2) is 9.00. The summed E-state index contributed by atoms with van der Waals surface area (Å²) < 4.78 is 41.5. The van der Waals surface area contributed by atoms with E-state index in [1.165, 1.54) is 4.31 Å². The van der Waals surface area contributed by atoms with Crippen molar-refractivity contribution in [3.63, 3.8) is 0 Å². The van der Waals surface area contributed by atoms with E-state index in [1.807, 2.05) is 62.5 Å². The molecule has 1 aliphatic rings. The molecule has 1 aromatic heterocycles. The molecule has 0 saturated carbocycles. The lowest BCUT2D eigenvalue weighted by Crippen LogP contribution is -2.52. The lowest BCUT2D eigenvalue weighted by Gasteiger charge is -2.34. The maximum Gasteiger partial charge on any atom is 0.279 e. The molecule has 3 aromatic rings. The number of ether oxygens (including phenoxy) is 2. The Bertz CT molecular complexity index is 1120. The van der Waals surface area contributed by atoms with Crippen molar-refractivity contribution >= 4 is 21.1 Å². The lowest BCUT2D eigenvalue weighted by atomic mass is 9.91. The number of hydrogen-bond acceptors (Lipinski definition) is 4. The molecule has 0 spiro atoms. The van der Waals surface area contributed by atoms with Crippen molar-refractivity contribution in [3.8, 4) is 5.75 Å². The number of aromatic amines is 1. The lowest BCUT2D eigenvalue weighted by molar-refractivity contribution is -0.0443. The minimum Gasteiger partial charge on any atom is -0.497 e. The van der Waals surface area contributed by atoms with Crippen molar-refractivity contribution in [1.29, 1.82) is 0 Å². The van der Waals surface area contributed by atoms with Gasteiger partial charge in [-0.05, 0) is 43.2 Å². The van der Waals surface area contributed by atoms with Crippen LogP contribution in [0.1, 0.15) is 30.9 Å². The number of H-pyrrole nitrogens is 1. The monoisotopic (exact) mass is 443 g/mol. The minimum absolute atomic E-state index is 0.133. The Labute approximate surface area is 183 Å². The fraction of sp³-hybridized carbons (Fsp3) is 0.391. The van der Waals surface area contributed by atoms with Crippen LogP contribution in [0.3, 0.4) is 0 Å². The standard InChI is InChI=1S/C23H29N3O4S/c1-16-14-26(15-17(2)30-16)31(27,28)25-13-21(18-8-10-19(29-3)11-9-18)22-12-24-23-7-5-4-6-20(22)23/h4-12,16-17,21,24-25H,13-15H2,1-3H3. The van der Waals surface area contributed by atoms with E-state index in [2.05, 4.69) is 15.8 Å². The van der Waals surface area contributed by atoms with E-state index in [-0.39, 0.29) is 24.7 Å². The van der Waals surface area contributed by atoms with Crippen molar-refractivity contribution in [1.82, 2.24) is 14.0 Å². The molecule has 0 amide bonds. The third kappa shape index (κ3) is 4.77. The third-order valence-electron chi connectivity index (χ3n) is 5.71. The number of rotatable bonds is 7. The summed E-state index contributed by atoms with van der Waals surface area (Å²) in [6.07, 6.45) is 1.70. The van der Waals surface area contributed by atoms with Gasteiger partial charge in [-0.25, -0.2) is 4.72 Å². The first-order valence-electron chi connectivity index (χ1n) is 10.5. The van der Waals surface area contributed by atoms with E-state index in [4.69, 9.17) is 9.47 Å². The van der Waals surface area contributed by atoms with E-state index in [9.17, 15) is 8.42 Å². The summed E-state index contributed by atoms with van der Waals surface area (Å²) in [5.41, 5.74) is 3.08. The predicted molar refractivity (Wildman–Crippen MR) is 122 cm³/mol. The zero-order valence-electron chi connectivity index (χ0n) is 18.0. The number of morpholine rings is 1. The largest absolute Gasteiger partial charge is 0.497 e. The normalized spacial score (nSPS) is 21.3. The maximum atomic E-state index is 13.1. The van der Waals surface area contributed by atoms with Crippen LogP contribution >= 0.6 is 0 Å². The number of nitrogens with one attached hydrogen (secondary N) is 2. The van der Waals surface area contributed by atoms with Crippen LogP contribution in [0.4, 0.5) is 0 Å². The SMILES string of the molecule is COc1ccc(C(CNS(=O)(=O)N2CC(C)OC(C)C2)c2c[nH]c3ccccc23)cc1. The zero-order chi connectivity index (χ0) is 22.0. The minimum atomic E-state index is -3.64. The topological polar surface area (TPSA) is 83.7 Å². The van der Waals surface area contributed by atoms with Crippen LogP contribution in [-0.2, 0) is 14.9 Å². The zero-order valence-corrected chi connectivity index (χ0v) is 18.9. The molecular formula is C23H29N3O4S. The third-order valence-corrected chi connectivity index (χ3v) is 7.22. The molecule has 4 rings (SSSR count). The fourth-order valence-electron chi connectivity index (χ4n) is 4.23. The van der Waals surface area contributed by atoms with Crippen LogP contribution in [0, 0.1) is 0 Å². The molecule has 0 aliphatic carbocycles. The van der Waals surface area contributed by atoms with Crippen molar-refractivity contribution in [3.05, 3.63) is 65.9 Å². The van der Waals surface area contributed by atoms with Crippen LogP contribution in [-0.4, -0.2) is 56.7 Å². The van der Waals surface area contributed by atoms with Gasteiger partial charge in [0.25, 0.3) is 10.2 Å². The molecule has 31 heavy (non-hydrogen) atoms. The van der Waals surface area contributed by atoms with Crippen molar-refractivity contribution in [2.75, 3.05) is 26.7 Å². The van der Waals surface area contributed by atoms with Gasteiger partial charge in [0, 0.05) is 42.7 Å². The number of aromatic nitrogens is 1. The number of para-hydroxylation sites is 1. The smallest absolute Gasteiger partial charge is 0.279 e. The van der Waals surface area contributed by atoms with Gasteiger partial charge in [-0.3, -0.25) is 0 Å². The summed E-state index contributed by atoms with van der Waals surface area (Å²) >= 11 is 0. The highest BCUT2D eigenvalue weighted by molar-refractivity contribution is 7.87. The van der Waals surface area contributed by atoms with Crippen molar-refractivity contribution in [2.24, 2.45) is 0 Å². The summed E-state index contributed by atoms with van der Waals surface area (Å²) in [7, 11) is -2.01. The average Bonchev–Trinajstić information content (AvgIpc) is 3.18. The molecule has 0 radical (unpaired) electrons. The molecule has 7 nitrogen and oxygen atoms in total. The van der Waals surface area contributed by atoms with E-state index in [0.717, 1.165) is 27.8 Å². The van der Waals surface area contributed by atoms with Gasteiger partial charge in [-0.1, -0.05) is 30.3 Å². The van der Waals surface area contributed by atoms with E-state index < -0.39 is 10.2 Å². The molecule has 2 heterocycles. The van der Waals surface area contributed by atoms with Crippen LogP contribution in [0.5, 0.6) is 5.75 Å². The summed E-state index contributed by atoms with van der Waals surface area (Å²) in [6.45, 7) is 4.73. The molecule has 0 bridgehead atoms. The summed E-state index contributed by atoms with van der Waals surface area (Å²) in [5.74, 6) is 0.603. The molecule has 2 N–H and O–H groups in total. The van der Waals surface area contributed by atoms with Gasteiger partial charge in [0.15, 0.2) is 0 Å². The quantitative estimate of drug-likeness (QED) is 0.587. The Morgan fingerprint density at radius 1 is 1.13 bits per heavy atom. The number of nitrogens with zero attached hydrogens (tertiary/aromatic N) is 1. The first kappa shape index (κ1) is 21.8. The van der Waals surface area contributed by atoms with Crippen molar-refractivity contribution < 1.29 is 17.9 Å². The molecule has 3 unspecified atom stereocenters. The molecule has 1 saturated heterocycles. The molecule has 8 heteroatoms. The average molecular weight is 444 g/mol. The molecule has 3 atom stereocenters. The second-order valence-corrected chi connectivity index (χ2v) is 9.80. The molecular weight excluding hydrogens is 414 g/mol. The Kier molecular flexibility index (Phi) is 6.34. The van der Waals surface area contributed by atoms with Crippen LogP contribution in [0.15, 0.2) is 54.7 Å². The Hall–Kier alpha value is -2.39. The first-order chi connectivity index (χ1) is 14.9. The van der Waals surface area contributed by atoms with E-state index >= 15 is 0 Å². The second-order valence-electron chi connectivity index (χ2n) is 8.04.